The normalized spacial score (nSPS) is 12.8. The van der Waals surface area contributed by atoms with Crippen LogP contribution in [-0.4, -0.2) is 37.2 Å². The Morgan fingerprint density at radius 2 is 0.520 bits per heavy atom. The van der Waals surface area contributed by atoms with Gasteiger partial charge in [-0.25, -0.2) is 0 Å². The fourth-order valence-electron chi connectivity index (χ4n) is 8.53. The van der Waals surface area contributed by atoms with E-state index in [4.69, 9.17) is 14.2 Å². The highest BCUT2D eigenvalue weighted by Crippen LogP contribution is 2.15. The summed E-state index contributed by atoms with van der Waals surface area (Å²) < 4.78 is 16.9. The molecular formula is C69H116O6. The second kappa shape index (κ2) is 62.6. The fraction of sp³-hybridized carbons (Fsp3) is 0.696. The van der Waals surface area contributed by atoms with Crippen LogP contribution in [0.5, 0.6) is 0 Å². The number of allylic oxidation sites excluding steroid dienone is 18. The predicted octanol–water partition coefficient (Wildman–Crippen LogP) is 21.4. The molecule has 0 aliphatic heterocycles. The molecule has 0 aromatic heterocycles. The molecule has 1 unspecified atom stereocenters. The first kappa shape index (κ1) is 71.1. The summed E-state index contributed by atoms with van der Waals surface area (Å²) in [6.45, 7) is 6.49. The van der Waals surface area contributed by atoms with Gasteiger partial charge in [-0.15, -0.1) is 0 Å². The minimum absolute atomic E-state index is 0.0946. The lowest BCUT2D eigenvalue weighted by atomic mass is 10.1. The predicted molar refractivity (Wildman–Crippen MR) is 325 cm³/mol. The van der Waals surface area contributed by atoms with Crippen molar-refractivity contribution in [3.63, 3.8) is 0 Å². The van der Waals surface area contributed by atoms with E-state index in [0.29, 0.717) is 19.3 Å². The molecular weight excluding hydrogens is 925 g/mol. The van der Waals surface area contributed by atoms with Crippen molar-refractivity contribution in [2.24, 2.45) is 0 Å². The van der Waals surface area contributed by atoms with Crippen molar-refractivity contribution in [3.8, 4) is 0 Å². The van der Waals surface area contributed by atoms with Gasteiger partial charge < -0.3 is 14.2 Å². The van der Waals surface area contributed by atoms with Crippen LogP contribution in [0.25, 0.3) is 0 Å². The van der Waals surface area contributed by atoms with Crippen LogP contribution in [0, 0.1) is 0 Å². The molecule has 0 saturated carbocycles. The van der Waals surface area contributed by atoms with Crippen molar-refractivity contribution in [2.45, 2.75) is 297 Å². The first-order valence-corrected chi connectivity index (χ1v) is 31.4. The number of carbonyl (C=O) groups is 3. The molecule has 0 heterocycles. The van der Waals surface area contributed by atoms with Gasteiger partial charge in [0.15, 0.2) is 6.10 Å². The molecule has 0 aliphatic rings. The summed E-state index contributed by atoms with van der Waals surface area (Å²) in [7, 11) is 0. The van der Waals surface area contributed by atoms with Crippen molar-refractivity contribution >= 4 is 17.9 Å². The summed E-state index contributed by atoms with van der Waals surface area (Å²) in [5.41, 5.74) is 0. The maximum Gasteiger partial charge on any atom is 0.306 e. The minimum atomic E-state index is -0.800. The molecule has 0 rings (SSSR count). The molecule has 1 atom stereocenters. The van der Waals surface area contributed by atoms with E-state index in [0.717, 1.165) is 128 Å². The molecule has 0 aromatic rings. The first-order chi connectivity index (χ1) is 37.0. The number of hydrogen-bond donors (Lipinski definition) is 0. The second-order valence-electron chi connectivity index (χ2n) is 20.6. The number of carbonyl (C=O) groups excluding carboxylic acids is 3. The number of hydrogen-bond acceptors (Lipinski definition) is 6. The fourth-order valence-corrected chi connectivity index (χ4v) is 8.53. The highest BCUT2D eigenvalue weighted by Gasteiger charge is 2.19. The standard InChI is InChI=1S/C69H116O6/c1-4-7-10-13-16-19-22-25-28-31-33-34-35-36-37-39-41-44-47-50-53-56-59-62-68(71)74-65-66(64-73-67(70)61-58-55-52-49-46-43-40-30-27-24-21-18-15-12-9-6-3)75-69(72)63-60-57-54-51-48-45-42-38-32-29-26-23-20-17-14-11-8-5-2/h7,10,16,19-20,23,25,28-30,32-34,36-37,40-41,44,66H,4-6,8-9,11-15,17-18,21-22,24,26-27,31,35,38-39,42-43,45-65H2,1-3H3/b10-7-,19-16-,23-20-,28-25-,32-29-,34-33-,37-36-,40-30-,44-41-. The van der Waals surface area contributed by atoms with Gasteiger partial charge in [0.2, 0.25) is 0 Å². The summed E-state index contributed by atoms with van der Waals surface area (Å²) in [5.74, 6) is -0.930. The van der Waals surface area contributed by atoms with E-state index in [1.165, 1.54) is 122 Å². The Hall–Kier alpha value is -3.93. The van der Waals surface area contributed by atoms with Gasteiger partial charge in [0, 0.05) is 19.3 Å². The molecule has 0 aromatic carbocycles. The number of unbranched alkanes of at least 4 members (excludes halogenated alkanes) is 27. The van der Waals surface area contributed by atoms with E-state index < -0.39 is 6.10 Å². The maximum atomic E-state index is 12.9. The third-order valence-electron chi connectivity index (χ3n) is 13.2. The molecule has 0 N–H and O–H groups in total. The van der Waals surface area contributed by atoms with Gasteiger partial charge in [-0.05, 0) is 128 Å². The zero-order chi connectivity index (χ0) is 54.3. The second-order valence-corrected chi connectivity index (χ2v) is 20.6. The minimum Gasteiger partial charge on any atom is -0.462 e. The highest BCUT2D eigenvalue weighted by atomic mass is 16.6. The van der Waals surface area contributed by atoms with Crippen molar-refractivity contribution in [1.29, 1.82) is 0 Å². The lowest BCUT2D eigenvalue weighted by Gasteiger charge is -2.18. The molecule has 0 spiro atoms. The van der Waals surface area contributed by atoms with E-state index in [2.05, 4.69) is 130 Å². The van der Waals surface area contributed by atoms with Gasteiger partial charge in [-0.3, -0.25) is 14.4 Å². The van der Waals surface area contributed by atoms with Gasteiger partial charge >= 0.3 is 17.9 Å². The van der Waals surface area contributed by atoms with Crippen LogP contribution < -0.4 is 0 Å². The number of esters is 3. The Morgan fingerprint density at radius 3 is 0.840 bits per heavy atom. The average molecular weight is 1040 g/mol. The van der Waals surface area contributed by atoms with Crippen LogP contribution in [-0.2, 0) is 28.6 Å². The van der Waals surface area contributed by atoms with Gasteiger partial charge in [-0.2, -0.15) is 0 Å². The van der Waals surface area contributed by atoms with Crippen molar-refractivity contribution in [2.75, 3.05) is 13.2 Å². The Kier molecular flexibility index (Phi) is 59.3. The van der Waals surface area contributed by atoms with E-state index in [1.807, 2.05) is 0 Å². The van der Waals surface area contributed by atoms with Crippen molar-refractivity contribution < 1.29 is 28.6 Å². The van der Waals surface area contributed by atoms with Gasteiger partial charge in [0.25, 0.3) is 0 Å². The Balaban J connectivity index is 4.46. The van der Waals surface area contributed by atoms with Crippen LogP contribution in [0.4, 0.5) is 0 Å². The van der Waals surface area contributed by atoms with Crippen molar-refractivity contribution in [3.05, 3.63) is 109 Å². The van der Waals surface area contributed by atoms with Crippen LogP contribution in [0.3, 0.4) is 0 Å². The molecule has 6 nitrogen and oxygen atoms in total. The van der Waals surface area contributed by atoms with Crippen LogP contribution in [0.1, 0.15) is 290 Å². The third kappa shape index (κ3) is 60.8. The molecule has 0 amide bonds. The van der Waals surface area contributed by atoms with Crippen LogP contribution in [0.15, 0.2) is 109 Å². The summed E-state index contributed by atoms with van der Waals surface area (Å²) >= 11 is 0. The maximum absolute atomic E-state index is 12.9. The monoisotopic (exact) mass is 1040 g/mol. The molecule has 0 fully saturated rings. The van der Waals surface area contributed by atoms with Gasteiger partial charge in [-0.1, -0.05) is 252 Å². The third-order valence-corrected chi connectivity index (χ3v) is 13.2. The Labute approximate surface area is 463 Å². The number of ether oxygens (including phenoxy) is 3. The SMILES string of the molecule is CC/C=C\C/C=C\C/C=C\C/C=C\C/C=C\C/C=C\CCCCCCC(=O)OCC(COC(=O)CCCCCCC/C=C\CCCCCCCCC)OC(=O)CCCCCCCCC/C=C\C/C=C\CCCCCC. The lowest BCUT2D eigenvalue weighted by Crippen LogP contribution is -2.30. The summed E-state index contributed by atoms with van der Waals surface area (Å²) in [4.78, 5) is 38.3. The first-order valence-electron chi connectivity index (χ1n) is 31.4. The van der Waals surface area contributed by atoms with E-state index in [-0.39, 0.29) is 31.1 Å². The molecule has 0 bridgehead atoms. The average Bonchev–Trinajstić information content (AvgIpc) is 3.41. The Bertz CT molecular complexity index is 1520. The molecule has 428 valence electrons. The smallest absolute Gasteiger partial charge is 0.306 e. The topological polar surface area (TPSA) is 78.9 Å². The molecule has 0 saturated heterocycles. The lowest BCUT2D eigenvalue weighted by molar-refractivity contribution is -0.167. The van der Waals surface area contributed by atoms with E-state index in [1.54, 1.807) is 0 Å². The molecule has 0 radical (unpaired) electrons. The van der Waals surface area contributed by atoms with Gasteiger partial charge in [0.05, 0.1) is 0 Å². The zero-order valence-corrected chi connectivity index (χ0v) is 49.0. The van der Waals surface area contributed by atoms with Crippen LogP contribution >= 0.6 is 0 Å². The molecule has 75 heavy (non-hydrogen) atoms. The van der Waals surface area contributed by atoms with E-state index in [9.17, 15) is 14.4 Å². The van der Waals surface area contributed by atoms with Crippen molar-refractivity contribution in [1.82, 2.24) is 0 Å². The largest absolute Gasteiger partial charge is 0.462 e. The molecule has 0 aliphatic carbocycles. The highest BCUT2D eigenvalue weighted by molar-refractivity contribution is 5.71. The van der Waals surface area contributed by atoms with Crippen LogP contribution in [0.2, 0.25) is 0 Å². The zero-order valence-electron chi connectivity index (χ0n) is 49.0. The molecule has 6 heteroatoms. The quantitative estimate of drug-likeness (QED) is 0.0261. The summed E-state index contributed by atoms with van der Waals surface area (Å²) in [5, 5.41) is 0. The number of rotatable bonds is 56. The summed E-state index contributed by atoms with van der Waals surface area (Å²) in [6, 6.07) is 0. The van der Waals surface area contributed by atoms with Gasteiger partial charge in [0.1, 0.15) is 13.2 Å². The van der Waals surface area contributed by atoms with E-state index >= 15 is 0 Å². The summed E-state index contributed by atoms with van der Waals surface area (Å²) in [6.07, 6.45) is 85.1. The Morgan fingerprint density at radius 1 is 0.280 bits per heavy atom.